The van der Waals surface area contributed by atoms with Crippen LogP contribution in [0.5, 0.6) is 0 Å². The van der Waals surface area contributed by atoms with Crippen LogP contribution in [0, 0.1) is 35.1 Å². The first kappa shape index (κ1) is 20.6. The van der Waals surface area contributed by atoms with Gasteiger partial charge in [0.1, 0.15) is 5.82 Å². The Kier molecular flexibility index (Phi) is 5.94. The van der Waals surface area contributed by atoms with E-state index in [2.05, 4.69) is 19.1 Å². The average Bonchev–Trinajstić information content (AvgIpc) is 2.74. The van der Waals surface area contributed by atoms with Crippen molar-refractivity contribution in [3.05, 3.63) is 83.4 Å². The second kappa shape index (κ2) is 8.63. The fourth-order valence-electron chi connectivity index (χ4n) is 4.34. The van der Waals surface area contributed by atoms with Gasteiger partial charge >= 0.3 is 0 Å². The zero-order valence-corrected chi connectivity index (χ0v) is 16.9. The van der Waals surface area contributed by atoms with Crippen molar-refractivity contribution in [2.45, 2.75) is 39.0 Å². The summed E-state index contributed by atoms with van der Waals surface area (Å²) in [4.78, 5) is 0. The molecule has 0 heterocycles. The minimum Gasteiger partial charge on any atom is -0.206 e. The van der Waals surface area contributed by atoms with Crippen molar-refractivity contribution in [1.29, 1.82) is 0 Å². The summed E-state index contributed by atoms with van der Waals surface area (Å²) in [5.41, 5.74) is 2.83. The Labute approximate surface area is 174 Å². The highest BCUT2D eigenvalue weighted by molar-refractivity contribution is 5.71. The smallest absolute Gasteiger partial charge is 0.194 e. The summed E-state index contributed by atoms with van der Waals surface area (Å²) in [5, 5.41) is 0. The lowest BCUT2D eigenvalue weighted by molar-refractivity contribution is 0.289. The van der Waals surface area contributed by atoms with Crippen LogP contribution < -0.4 is 0 Å². The molecule has 3 aromatic rings. The van der Waals surface area contributed by atoms with Crippen molar-refractivity contribution in [2.75, 3.05) is 0 Å². The maximum absolute atomic E-state index is 14.7. The first-order valence-electron chi connectivity index (χ1n) is 10.4. The van der Waals surface area contributed by atoms with E-state index in [0.29, 0.717) is 5.56 Å². The summed E-state index contributed by atoms with van der Waals surface area (Å²) in [7, 11) is 0. The third-order valence-electron chi connectivity index (χ3n) is 6.21. The number of hydrogen-bond acceptors (Lipinski definition) is 0. The van der Waals surface area contributed by atoms with Gasteiger partial charge in [0.2, 0.25) is 0 Å². The van der Waals surface area contributed by atoms with Gasteiger partial charge in [-0.2, -0.15) is 0 Å². The molecule has 4 heteroatoms. The Bertz CT molecular complexity index is 1010. The lowest BCUT2D eigenvalue weighted by Gasteiger charge is -2.26. The van der Waals surface area contributed by atoms with E-state index in [1.165, 1.54) is 43.4 Å². The molecule has 0 aliphatic heterocycles. The maximum atomic E-state index is 14.7. The van der Waals surface area contributed by atoms with Crippen molar-refractivity contribution in [1.82, 2.24) is 0 Å². The number of benzene rings is 3. The molecule has 0 N–H and O–H groups in total. The third kappa shape index (κ3) is 4.43. The zero-order valence-electron chi connectivity index (χ0n) is 16.9. The first-order valence-corrected chi connectivity index (χ1v) is 10.4. The molecule has 0 amide bonds. The van der Waals surface area contributed by atoms with Crippen LogP contribution in [-0.4, -0.2) is 0 Å². The van der Waals surface area contributed by atoms with Crippen LogP contribution in [0.3, 0.4) is 0 Å². The Morgan fingerprint density at radius 3 is 1.83 bits per heavy atom. The second-order valence-electron chi connectivity index (χ2n) is 8.48. The lowest BCUT2D eigenvalue weighted by atomic mass is 9.80. The summed E-state index contributed by atoms with van der Waals surface area (Å²) in [6, 6.07) is 14.2. The topological polar surface area (TPSA) is 0 Å². The van der Waals surface area contributed by atoms with E-state index in [1.807, 2.05) is 12.1 Å². The van der Waals surface area contributed by atoms with Gasteiger partial charge in [0.05, 0.1) is 0 Å². The summed E-state index contributed by atoms with van der Waals surface area (Å²) < 4.78 is 54.8. The number of halogens is 4. The highest BCUT2D eigenvalue weighted by Crippen LogP contribution is 2.32. The summed E-state index contributed by atoms with van der Waals surface area (Å²) >= 11 is 0. The molecule has 1 aliphatic rings. The van der Waals surface area contributed by atoms with Crippen molar-refractivity contribution < 1.29 is 17.6 Å². The van der Waals surface area contributed by atoms with E-state index in [4.69, 9.17) is 0 Å². The van der Waals surface area contributed by atoms with Gasteiger partial charge in [0.15, 0.2) is 17.5 Å². The maximum Gasteiger partial charge on any atom is 0.194 e. The standard InChI is InChI=1S/C26H24F4/c1-16-2-4-17(5-3-16)12-18-6-8-19(9-7-18)20-10-11-22(23(27)13-20)21-14-24(28)26(30)25(29)15-21/h6-11,13-17H,2-5,12H2,1H3. The van der Waals surface area contributed by atoms with Crippen LogP contribution >= 0.6 is 0 Å². The van der Waals surface area contributed by atoms with Crippen LogP contribution in [0.15, 0.2) is 54.6 Å². The Hall–Kier alpha value is -2.62. The van der Waals surface area contributed by atoms with Gasteiger partial charge in [0.25, 0.3) is 0 Å². The largest absolute Gasteiger partial charge is 0.206 e. The van der Waals surface area contributed by atoms with E-state index in [1.54, 1.807) is 6.07 Å². The normalized spacial score (nSPS) is 19.1. The minimum atomic E-state index is -1.56. The van der Waals surface area contributed by atoms with Crippen molar-refractivity contribution >= 4 is 0 Å². The average molecular weight is 412 g/mol. The molecule has 4 rings (SSSR count). The molecule has 0 nitrogen and oxygen atoms in total. The quantitative estimate of drug-likeness (QED) is 0.301. The highest BCUT2D eigenvalue weighted by atomic mass is 19.2. The number of hydrogen-bond donors (Lipinski definition) is 0. The van der Waals surface area contributed by atoms with Gasteiger partial charge in [-0.15, -0.1) is 0 Å². The molecule has 0 bridgehead atoms. The molecule has 0 spiro atoms. The van der Waals surface area contributed by atoms with E-state index >= 15 is 0 Å². The summed E-state index contributed by atoms with van der Waals surface area (Å²) in [5.74, 6) is -3.27. The van der Waals surface area contributed by atoms with Crippen molar-refractivity contribution in [2.24, 2.45) is 11.8 Å². The van der Waals surface area contributed by atoms with Crippen LogP contribution in [0.2, 0.25) is 0 Å². The fourth-order valence-corrected chi connectivity index (χ4v) is 4.34. The van der Waals surface area contributed by atoms with Crippen molar-refractivity contribution in [3.8, 4) is 22.3 Å². The number of rotatable bonds is 4. The third-order valence-corrected chi connectivity index (χ3v) is 6.21. The Balaban J connectivity index is 1.51. The van der Waals surface area contributed by atoms with Crippen LogP contribution in [0.1, 0.15) is 38.2 Å². The van der Waals surface area contributed by atoms with E-state index < -0.39 is 23.3 Å². The zero-order chi connectivity index (χ0) is 21.3. The molecular weight excluding hydrogens is 388 g/mol. The van der Waals surface area contributed by atoms with Gasteiger partial charge in [-0.25, -0.2) is 17.6 Å². The molecule has 1 fully saturated rings. The van der Waals surface area contributed by atoms with Gasteiger partial charge < -0.3 is 0 Å². The monoisotopic (exact) mass is 412 g/mol. The van der Waals surface area contributed by atoms with E-state index in [0.717, 1.165) is 36.0 Å². The molecule has 3 aromatic carbocycles. The molecule has 0 radical (unpaired) electrons. The first-order chi connectivity index (χ1) is 14.4. The SMILES string of the molecule is CC1CCC(Cc2ccc(-c3ccc(-c4cc(F)c(F)c(F)c4)c(F)c3)cc2)CC1. The molecule has 1 aliphatic carbocycles. The molecule has 156 valence electrons. The highest BCUT2D eigenvalue weighted by Gasteiger charge is 2.18. The van der Waals surface area contributed by atoms with E-state index in [-0.39, 0.29) is 11.1 Å². The van der Waals surface area contributed by atoms with E-state index in [9.17, 15) is 17.6 Å². The summed E-state index contributed by atoms with van der Waals surface area (Å²) in [6.07, 6.45) is 6.23. The molecule has 0 atom stereocenters. The molecule has 0 saturated heterocycles. The minimum absolute atomic E-state index is 0.0275. The van der Waals surface area contributed by atoms with Gasteiger partial charge in [-0.3, -0.25) is 0 Å². The van der Waals surface area contributed by atoms with Crippen LogP contribution in [-0.2, 0) is 6.42 Å². The molecule has 0 aromatic heterocycles. The van der Waals surface area contributed by atoms with Crippen LogP contribution in [0.4, 0.5) is 17.6 Å². The fraction of sp³-hybridized carbons (Fsp3) is 0.308. The van der Waals surface area contributed by atoms with Gasteiger partial charge in [0, 0.05) is 5.56 Å². The van der Waals surface area contributed by atoms with Crippen molar-refractivity contribution in [3.63, 3.8) is 0 Å². The van der Waals surface area contributed by atoms with Gasteiger partial charge in [-0.05, 0) is 71.6 Å². The van der Waals surface area contributed by atoms with Gasteiger partial charge in [-0.1, -0.05) is 56.2 Å². The molecule has 0 unspecified atom stereocenters. The van der Waals surface area contributed by atoms with Crippen LogP contribution in [0.25, 0.3) is 22.3 Å². The summed E-state index contributed by atoms with van der Waals surface area (Å²) in [6.45, 7) is 2.32. The molecular formula is C26H24F4. The predicted molar refractivity (Wildman–Crippen MR) is 112 cm³/mol. The Morgan fingerprint density at radius 1 is 0.667 bits per heavy atom. The lowest BCUT2D eigenvalue weighted by Crippen LogP contribution is -2.14. The molecule has 1 saturated carbocycles. The Morgan fingerprint density at radius 2 is 1.23 bits per heavy atom. The predicted octanol–water partition coefficient (Wildman–Crippen LogP) is 7.95. The second-order valence-corrected chi connectivity index (χ2v) is 8.48. The molecule has 30 heavy (non-hydrogen) atoms.